The van der Waals surface area contributed by atoms with Crippen molar-refractivity contribution in [3.05, 3.63) is 49.3 Å². The molecule has 0 saturated carbocycles. The standard InChI is InChI=1S/C13H11BrN2S2/c1-8-2-3-12-11(4-8)15-13(17)16(12)6-10-5-9(14)7-18-10/h2-5,7H,6H2,1H3,(H,15,17). The predicted octanol–water partition coefficient (Wildman–Crippen LogP) is 4.88. The predicted molar refractivity (Wildman–Crippen MR) is 83.0 cm³/mol. The molecule has 0 aliphatic carbocycles. The second kappa shape index (κ2) is 4.64. The number of fused-ring (bicyclic) bond motifs is 1. The number of halogens is 1. The molecule has 2 aromatic heterocycles. The van der Waals surface area contributed by atoms with Gasteiger partial charge in [-0.3, -0.25) is 0 Å². The van der Waals surface area contributed by atoms with E-state index >= 15 is 0 Å². The van der Waals surface area contributed by atoms with Gasteiger partial charge in [0.1, 0.15) is 0 Å². The van der Waals surface area contributed by atoms with Crippen molar-refractivity contribution in [1.82, 2.24) is 9.55 Å². The van der Waals surface area contributed by atoms with Crippen molar-refractivity contribution in [3.63, 3.8) is 0 Å². The summed E-state index contributed by atoms with van der Waals surface area (Å²) in [5, 5.41) is 2.10. The second-order valence-electron chi connectivity index (χ2n) is 4.27. The number of imidazole rings is 1. The Morgan fingerprint density at radius 2 is 2.22 bits per heavy atom. The van der Waals surface area contributed by atoms with Crippen LogP contribution in [0.15, 0.2) is 34.1 Å². The van der Waals surface area contributed by atoms with Crippen LogP contribution >= 0.6 is 39.5 Å². The Labute approximate surface area is 122 Å². The fraction of sp³-hybridized carbons (Fsp3) is 0.154. The number of nitrogens with one attached hydrogen (secondary N) is 1. The molecule has 0 saturated heterocycles. The van der Waals surface area contributed by atoms with Gasteiger partial charge in [-0.15, -0.1) is 11.3 Å². The average Bonchev–Trinajstić information content (AvgIpc) is 2.84. The third kappa shape index (κ3) is 2.18. The van der Waals surface area contributed by atoms with E-state index in [9.17, 15) is 0 Å². The zero-order valence-electron chi connectivity index (χ0n) is 9.74. The van der Waals surface area contributed by atoms with Gasteiger partial charge in [0.25, 0.3) is 0 Å². The van der Waals surface area contributed by atoms with Gasteiger partial charge in [-0.25, -0.2) is 0 Å². The lowest BCUT2D eigenvalue weighted by molar-refractivity contribution is 0.823. The van der Waals surface area contributed by atoms with Crippen molar-refractivity contribution >= 4 is 50.5 Å². The van der Waals surface area contributed by atoms with Crippen molar-refractivity contribution in [3.8, 4) is 0 Å². The highest BCUT2D eigenvalue weighted by atomic mass is 79.9. The van der Waals surface area contributed by atoms with E-state index < -0.39 is 0 Å². The Morgan fingerprint density at radius 3 is 2.94 bits per heavy atom. The number of hydrogen-bond acceptors (Lipinski definition) is 2. The number of aromatic nitrogens is 2. The molecule has 0 aliphatic heterocycles. The Hall–Kier alpha value is -0.910. The molecule has 0 amide bonds. The Morgan fingerprint density at radius 1 is 1.39 bits per heavy atom. The molecule has 0 aliphatic rings. The normalized spacial score (nSPS) is 11.2. The van der Waals surface area contributed by atoms with E-state index in [1.54, 1.807) is 11.3 Å². The van der Waals surface area contributed by atoms with Crippen molar-refractivity contribution in [2.45, 2.75) is 13.5 Å². The molecule has 0 unspecified atom stereocenters. The zero-order valence-corrected chi connectivity index (χ0v) is 13.0. The van der Waals surface area contributed by atoms with Gasteiger partial charge in [0.05, 0.1) is 17.6 Å². The largest absolute Gasteiger partial charge is 0.331 e. The smallest absolute Gasteiger partial charge is 0.178 e. The minimum atomic E-state index is 0.778. The summed E-state index contributed by atoms with van der Waals surface area (Å²) in [6.07, 6.45) is 0. The van der Waals surface area contributed by atoms with E-state index in [4.69, 9.17) is 12.2 Å². The second-order valence-corrected chi connectivity index (χ2v) is 6.57. The number of benzene rings is 1. The number of aryl methyl sites for hydroxylation is 1. The molecule has 3 rings (SSSR count). The molecule has 0 radical (unpaired) electrons. The highest BCUT2D eigenvalue weighted by molar-refractivity contribution is 9.10. The number of rotatable bonds is 2. The molecule has 3 aromatic rings. The summed E-state index contributed by atoms with van der Waals surface area (Å²) in [6, 6.07) is 8.51. The fourth-order valence-corrected chi connectivity index (χ4v) is 3.74. The highest BCUT2D eigenvalue weighted by Crippen LogP contribution is 2.23. The number of thiophene rings is 1. The lowest BCUT2D eigenvalue weighted by Crippen LogP contribution is -1.97. The number of H-pyrrole nitrogens is 1. The van der Waals surface area contributed by atoms with Gasteiger partial charge in [0.15, 0.2) is 4.77 Å². The third-order valence-corrected chi connectivity index (χ3v) is 4.87. The SMILES string of the molecule is Cc1ccc2c(c1)[nH]c(=S)n2Cc1cc(Br)cs1. The maximum Gasteiger partial charge on any atom is 0.178 e. The van der Waals surface area contributed by atoms with E-state index in [0.29, 0.717) is 0 Å². The average molecular weight is 339 g/mol. The van der Waals surface area contributed by atoms with E-state index in [1.807, 2.05) is 0 Å². The molecule has 2 heterocycles. The van der Waals surface area contributed by atoms with Crippen molar-refractivity contribution in [2.75, 3.05) is 0 Å². The molecule has 1 N–H and O–H groups in total. The first-order valence-electron chi connectivity index (χ1n) is 5.55. The molecular formula is C13H11BrN2S2. The molecule has 0 spiro atoms. The van der Waals surface area contributed by atoms with E-state index in [0.717, 1.165) is 26.8 Å². The van der Waals surface area contributed by atoms with E-state index in [-0.39, 0.29) is 0 Å². The minimum absolute atomic E-state index is 0.778. The minimum Gasteiger partial charge on any atom is -0.331 e. The molecule has 0 fully saturated rings. The molecule has 92 valence electrons. The summed E-state index contributed by atoms with van der Waals surface area (Å²) in [7, 11) is 0. The van der Waals surface area contributed by atoms with Crippen LogP contribution in [0.5, 0.6) is 0 Å². The van der Waals surface area contributed by atoms with Crippen molar-refractivity contribution in [1.29, 1.82) is 0 Å². The first-order valence-corrected chi connectivity index (χ1v) is 7.63. The van der Waals surface area contributed by atoms with Crippen LogP contribution in [0.4, 0.5) is 0 Å². The molecule has 2 nitrogen and oxygen atoms in total. The van der Waals surface area contributed by atoms with Crippen molar-refractivity contribution < 1.29 is 0 Å². The molecule has 1 aromatic carbocycles. The summed E-state index contributed by atoms with van der Waals surface area (Å²) >= 11 is 10.6. The maximum atomic E-state index is 5.40. The highest BCUT2D eigenvalue weighted by Gasteiger charge is 2.06. The Balaban J connectivity index is 2.11. The Bertz CT molecular complexity index is 767. The molecular weight excluding hydrogens is 328 g/mol. The monoisotopic (exact) mass is 338 g/mol. The number of nitrogens with zero attached hydrogens (tertiary/aromatic N) is 1. The number of aromatic amines is 1. The van der Waals surface area contributed by atoms with Crippen LogP contribution in [-0.4, -0.2) is 9.55 Å². The quantitative estimate of drug-likeness (QED) is 0.660. The summed E-state index contributed by atoms with van der Waals surface area (Å²) < 4.78 is 4.05. The topological polar surface area (TPSA) is 20.7 Å². The van der Waals surface area contributed by atoms with Crippen LogP contribution in [0.1, 0.15) is 10.4 Å². The lowest BCUT2D eigenvalue weighted by atomic mass is 10.2. The Kier molecular flexibility index (Phi) is 3.13. The van der Waals surface area contributed by atoms with Crippen LogP contribution in [0, 0.1) is 11.7 Å². The first-order chi connectivity index (χ1) is 8.63. The van der Waals surface area contributed by atoms with E-state index in [1.165, 1.54) is 10.4 Å². The van der Waals surface area contributed by atoms with Crippen LogP contribution < -0.4 is 0 Å². The maximum absolute atomic E-state index is 5.40. The van der Waals surface area contributed by atoms with Gasteiger partial charge < -0.3 is 9.55 Å². The van der Waals surface area contributed by atoms with Gasteiger partial charge in [0.2, 0.25) is 0 Å². The molecule has 0 atom stereocenters. The van der Waals surface area contributed by atoms with Crippen LogP contribution in [0.3, 0.4) is 0 Å². The third-order valence-electron chi connectivity index (χ3n) is 2.87. The zero-order chi connectivity index (χ0) is 12.7. The van der Waals surface area contributed by atoms with Gasteiger partial charge in [0, 0.05) is 14.7 Å². The summed E-state index contributed by atoms with van der Waals surface area (Å²) in [4.78, 5) is 4.56. The van der Waals surface area contributed by atoms with Crippen LogP contribution in [-0.2, 0) is 6.54 Å². The van der Waals surface area contributed by atoms with Gasteiger partial charge in [-0.1, -0.05) is 6.07 Å². The van der Waals surface area contributed by atoms with E-state index in [2.05, 4.69) is 62.1 Å². The summed E-state index contributed by atoms with van der Waals surface area (Å²) in [6.45, 7) is 2.90. The molecule has 0 bridgehead atoms. The van der Waals surface area contributed by atoms with Gasteiger partial charge in [-0.2, -0.15) is 0 Å². The molecule has 5 heteroatoms. The van der Waals surface area contributed by atoms with Gasteiger partial charge in [-0.05, 0) is 58.8 Å². The van der Waals surface area contributed by atoms with Crippen LogP contribution in [0.25, 0.3) is 11.0 Å². The summed E-state index contributed by atoms with van der Waals surface area (Å²) in [5.41, 5.74) is 3.51. The fourth-order valence-electron chi connectivity index (χ4n) is 2.03. The number of hydrogen-bond donors (Lipinski definition) is 1. The molecule has 18 heavy (non-hydrogen) atoms. The lowest BCUT2D eigenvalue weighted by Gasteiger charge is -2.02. The van der Waals surface area contributed by atoms with Crippen molar-refractivity contribution in [2.24, 2.45) is 0 Å². The van der Waals surface area contributed by atoms with Gasteiger partial charge >= 0.3 is 0 Å². The summed E-state index contributed by atoms with van der Waals surface area (Å²) in [5.74, 6) is 0. The van der Waals surface area contributed by atoms with Crippen LogP contribution in [0.2, 0.25) is 0 Å². The first kappa shape index (κ1) is 12.1.